The summed E-state index contributed by atoms with van der Waals surface area (Å²) in [4.78, 5) is 1.37. The van der Waals surface area contributed by atoms with Crippen molar-refractivity contribution in [3.8, 4) is 0 Å². The molecule has 0 saturated carbocycles. The van der Waals surface area contributed by atoms with Crippen LogP contribution in [0.15, 0.2) is 0 Å². The lowest BCUT2D eigenvalue weighted by atomic mass is 10.1. The fraction of sp³-hybridized carbons (Fsp3) is 1.00. The maximum atomic E-state index is 12.3. The fourth-order valence-electron chi connectivity index (χ4n) is 1.37. The number of nitrogens with one attached hydrogen (secondary N) is 1. The highest BCUT2D eigenvalue weighted by Gasteiger charge is 2.44. The van der Waals surface area contributed by atoms with Gasteiger partial charge in [-0.2, -0.15) is 13.2 Å². The molecule has 2 atom stereocenters. The lowest BCUT2D eigenvalue weighted by molar-refractivity contribution is -0.188. The van der Waals surface area contributed by atoms with Gasteiger partial charge in [-0.05, 0) is 14.0 Å². The molecule has 1 heterocycles. The average molecular weight is 182 g/mol. The molecule has 0 aromatic rings. The van der Waals surface area contributed by atoms with Crippen molar-refractivity contribution in [2.45, 2.75) is 25.2 Å². The molecule has 5 heteroatoms. The summed E-state index contributed by atoms with van der Waals surface area (Å²) in [6.07, 6.45) is -4.11. The summed E-state index contributed by atoms with van der Waals surface area (Å²) in [7, 11) is 1.52. The highest BCUT2D eigenvalue weighted by atomic mass is 19.4. The molecule has 2 nitrogen and oxygen atoms in total. The van der Waals surface area contributed by atoms with Crippen molar-refractivity contribution < 1.29 is 13.2 Å². The van der Waals surface area contributed by atoms with Gasteiger partial charge in [0.15, 0.2) is 0 Å². The number of hydrogen-bond donors (Lipinski definition) is 1. The van der Waals surface area contributed by atoms with Crippen molar-refractivity contribution in [2.24, 2.45) is 0 Å². The van der Waals surface area contributed by atoms with Crippen molar-refractivity contribution in [1.82, 2.24) is 10.2 Å². The second kappa shape index (κ2) is 3.22. The Morgan fingerprint density at radius 2 is 1.92 bits per heavy atom. The summed E-state index contributed by atoms with van der Waals surface area (Å²) in [5.41, 5.74) is 0. The molecule has 0 unspecified atom stereocenters. The van der Waals surface area contributed by atoms with Crippen molar-refractivity contribution in [1.29, 1.82) is 0 Å². The van der Waals surface area contributed by atoms with Crippen LogP contribution in [0.1, 0.15) is 6.92 Å². The van der Waals surface area contributed by atoms with Gasteiger partial charge in [0, 0.05) is 19.1 Å². The molecule has 1 aliphatic rings. The number of rotatable bonds is 0. The Morgan fingerprint density at radius 3 is 2.33 bits per heavy atom. The van der Waals surface area contributed by atoms with Crippen molar-refractivity contribution in [3.05, 3.63) is 0 Å². The third kappa shape index (κ3) is 1.90. The maximum Gasteiger partial charge on any atom is 0.405 e. The van der Waals surface area contributed by atoms with Crippen LogP contribution >= 0.6 is 0 Å². The molecule has 0 aliphatic carbocycles. The maximum absolute atomic E-state index is 12.3. The largest absolute Gasteiger partial charge is 0.405 e. The number of likely N-dealkylation sites (N-methyl/N-ethyl adjacent to an activating group) is 1. The second-order valence-electron chi connectivity index (χ2n) is 3.23. The molecule has 0 bridgehead atoms. The smallest absolute Gasteiger partial charge is 0.313 e. The number of hydrogen-bond acceptors (Lipinski definition) is 2. The zero-order valence-corrected chi connectivity index (χ0v) is 7.15. The van der Waals surface area contributed by atoms with Gasteiger partial charge in [-0.15, -0.1) is 0 Å². The minimum atomic E-state index is -4.11. The summed E-state index contributed by atoms with van der Waals surface area (Å²) in [6.45, 7) is 2.42. The fourth-order valence-corrected chi connectivity index (χ4v) is 1.37. The van der Waals surface area contributed by atoms with Gasteiger partial charge in [-0.1, -0.05) is 0 Å². The van der Waals surface area contributed by atoms with Gasteiger partial charge in [0.2, 0.25) is 0 Å². The monoisotopic (exact) mass is 182 g/mol. The van der Waals surface area contributed by atoms with E-state index in [0.717, 1.165) is 0 Å². The second-order valence-corrected chi connectivity index (χ2v) is 3.23. The summed E-state index contributed by atoms with van der Waals surface area (Å²) < 4.78 is 36.9. The highest BCUT2D eigenvalue weighted by Crippen LogP contribution is 2.26. The Balaban J connectivity index is 2.64. The Kier molecular flexibility index (Phi) is 2.63. The van der Waals surface area contributed by atoms with E-state index in [9.17, 15) is 13.2 Å². The molecule has 12 heavy (non-hydrogen) atoms. The minimum Gasteiger partial charge on any atom is -0.313 e. The van der Waals surface area contributed by atoms with E-state index in [2.05, 4.69) is 5.32 Å². The van der Waals surface area contributed by atoms with Gasteiger partial charge >= 0.3 is 6.18 Å². The van der Waals surface area contributed by atoms with E-state index in [0.29, 0.717) is 6.54 Å². The average Bonchev–Trinajstić information content (AvgIpc) is 1.92. The van der Waals surface area contributed by atoms with Gasteiger partial charge in [0.1, 0.15) is 6.04 Å². The molecule has 1 N–H and O–H groups in total. The van der Waals surface area contributed by atoms with Crippen LogP contribution in [0, 0.1) is 0 Å². The van der Waals surface area contributed by atoms with E-state index >= 15 is 0 Å². The molecule has 0 amide bonds. The molecule has 72 valence electrons. The van der Waals surface area contributed by atoms with Crippen LogP contribution in [0.4, 0.5) is 13.2 Å². The lowest BCUT2D eigenvalue weighted by Crippen LogP contribution is -2.59. The molecular weight excluding hydrogens is 169 g/mol. The zero-order chi connectivity index (χ0) is 9.35. The van der Waals surface area contributed by atoms with Crippen molar-refractivity contribution in [2.75, 3.05) is 20.1 Å². The SMILES string of the molecule is C[C@@H]1CNC[C@@H](C(F)(F)F)N1C. The Morgan fingerprint density at radius 1 is 1.33 bits per heavy atom. The molecule has 1 aliphatic heterocycles. The number of alkyl halides is 3. The third-order valence-corrected chi connectivity index (χ3v) is 2.34. The topological polar surface area (TPSA) is 15.3 Å². The van der Waals surface area contributed by atoms with Crippen LogP contribution in [-0.2, 0) is 0 Å². The number of piperazine rings is 1. The molecule has 0 radical (unpaired) electrons. The van der Waals surface area contributed by atoms with Crippen LogP contribution in [0.3, 0.4) is 0 Å². The van der Waals surface area contributed by atoms with Crippen LogP contribution in [0.2, 0.25) is 0 Å². The first-order valence-corrected chi connectivity index (χ1v) is 3.92. The van der Waals surface area contributed by atoms with Gasteiger partial charge in [-0.25, -0.2) is 0 Å². The Hall–Kier alpha value is -0.290. The first-order valence-electron chi connectivity index (χ1n) is 3.92. The minimum absolute atomic E-state index is 0.00431. The van der Waals surface area contributed by atoms with Crippen LogP contribution in [0.25, 0.3) is 0 Å². The van der Waals surface area contributed by atoms with Crippen LogP contribution in [0.5, 0.6) is 0 Å². The molecule has 1 rings (SSSR count). The first kappa shape index (κ1) is 9.80. The standard InChI is InChI=1S/C7H13F3N2/c1-5-3-11-4-6(12(5)2)7(8,9)10/h5-6,11H,3-4H2,1-2H3/t5-,6+/m1/s1. The van der Waals surface area contributed by atoms with Gasteiger partial charge in [-0.3, -0.25) is 4.90 Å². The van der Waals surface area contributed by atoms with E-state index in [1.165, 1.54) is 11.9 Å². The molecule has 0 spiro atoms. The normalized spacial score (nSPS) is 33.8. The number of halogens is 3. The predicted octanol–water partition coefficient (Wildman–Crippen LogP) is 0.841. The van der Waals surface area contributed by atoms with Gasteiger partial charge < -0.3 is 5.32 Å². The zero-order valence-electron chi connectivity index (χ0n) is 7.15. The quantitative estimate of drug-likeness (QED) is 0.597. The molecule has 0 aromatic carbocycles. The van der Waals surface area contributed by atoms with E-state index < -0.39 is 12.2 Å². The molecular formula is C7H13F3N2. The van der Waals surface area contributed by atoms with E-state index in [1.54, 1.807) is 6.92 Å². The molecule has 1 saturated heterocycles. The summed E-state index contributed by atoms with van der Waals surface area (Å²) in [5, 5.41) is 2.76. The molecule has 0 aromatic heterocycles. The Bertz CT molecular complexity index is 157. The van der Waals surface area contributed by atoms with Crippen molar-refractivity contribution >= 4 is 0 Å². The van der Waals surface area contributed by atoms with E-state index in [4.69, 9.17) is 0 Å². The summed E-state index contributed by atoms with van der Waals surface area (Å²) in [6, 6.07) is -1.38. The van der Waals surface area contributed by atoms with Gasteiger partial charge in [0.25, 0.3) is 0 Å². The predicted molar refractivity (Wildman–Crippen MR) is 39.9 cm³/mol. The van der Waals surface area contributed by atoms with E-state index in [-0.39, 0.29) is 12.6 Å². The first-order chi connectivity index (χ1) is 5.43. The summed E-state index contributed by atoms with van der Waals surface area (Å²) in [5.74, 6) is 0. The van der Waals surface area contributed by atoms with E-state index in [1.807, 2.05) is 0 Å². The van der Waals surface area contributed by atoms with Crippen LogP contribution in [-0.4, -0.2) is 43.3 Å². The molecule has 1 fully saturated rings. The number of nitrogens with zero attached hydrogens (tertiary/aromatic N) is 1. The third-order valence-electron chi connectivity index (χ3n) is 2.34. The lowest BCUT2D eigenvalue weighted by Gasteiger charge is -2.39. The summed E-state index contributed by atoms with van der Waals surface area (Å²) >= 11 is 0. The van der Waals surface area contributed by atoms with Crippen LogP contribution < -0.4 is 5.32 Å². The van der Waals surface area contributed by atoms with Crippen molar-refractivity contribution in [3.63, 3.8) is 0 Å². The Labute approximate surface area is 69.7 Å². The van der Waals surface area contributed by atoms with Gasteiger partial charge in [0.05, 0.1) is 0 Å². The highest BCUT2D eigenvalue weighted by molar-refractivity contribution is 4.87.